The minimum Gasteiger partial charge on any atom is -0.356 e. The summed E-state index contributed by atoms with van der Waals surface area (Å²) in [6.45, 7) is 6.08. The summed E-state index contributed by atoms with van der Waals surface area (Å²) in [6, 6.07) is 8.10. The van der Waals surface area contributed by atoms with Crippen molar-refractivity contribution in [1.29, 1.82) is 0 Å². The Morgan fingerprint density at radius 3 is 2.74 bits per heavy atom. The molecule has 0 saturated heterocycles. The monoisotopic (exact) mass is 258 g/mol. The van der Waals surface area contributed by atoms with E-state index in [9.17, 15) is 4.79 Å². The van der Waals surface area contributed by atoms with Crippen LogP contribution in [-0.2, 0) is 11.3 Å². The smallest absolute Gasteiger partial charge is 0.219 e. The van der Waals surface area contributed by atoms with Crippen LogP contribution in [0, 0.1) is 13.8 Å². The van der Waals surface area contributed by atoms with Gasteiger partial charge in [-0.25, -0.2) is 0 Å². The van der Waals surface area contributed by atoms with Crippen molar-refractivity contribution >= 4 is 5.91 Å². The molecule has 0 bridgehead atoms. The van der Waals surface area contributed by atoms with Crippen LogP contribution in [0.4, 0.5) is 0 Å². The summed E-state index contributed by atoms with van der Waals surface area (Å²) in [6.07, 6.45) is 0. The average molecular weight is 258 g/mol. The molecule has 0 fully saturated rings. The first-order valence-corrected chi connectivity index (χ1v) is 6.22. The average Bonchev–Trinajstić information content (AvgIpc) is 2.80. The van der Waals surface area contributed by atoms with Crippen molar-refractivity contribution in [2.75, 3.05) is 7.05 Å². The molecule has 0 atom stereocenters. The van der Waals surface area contributed by atoms with Crippen LogP contribution >= 0.6 is 0 Å². The Bertz CT molecular complexity index is 602. The zero-order valence-electron chi connectivity index (χ0n) is 11.7. The van der Waals surface area contributed by atoms with Gasteiger partial charge in [0.15, 0.2) is 5.76 Å². The first-order valence-electron chi connectivity index (χ1n) is 6.22. The van der Waals surface area contributed by atoms with Gasteiger partial charge in [-0.3, -0.25) is 4.79 Å². The van der Waals surface area contributed by atoms with Gasteiger partial charge in [-0.2, -0.15) is 0 Å². The Kier molecular flexibility index (Phi) is 3.69. The molecule has 1 aromatic carbocycles. The highest BCUT2D eigenvalue weighted by Crippen LogP contribution is 2.25. The molecule has 4 nitrogen and oxygen atoms in total. The number of nitrogens with zero attached hydrogens (tertiary/aromatic N) is 2. The van der Waals surface area contributed by atoms with Crippen LogP contribution in [0.3, 0.4) is 0 Å². The number of benzene rings is 1. The number of aromatic nitrogens is 1. The molecule has 2 aromatic rings. The van der Waals surface area contributed by atoms with Crippen molar-refractivity contribution < 1.29 is 9.32 Å². The van der Waals surface area contributed by atoms with Crippen LogP contribution < -0.4 is 0 Å². The maximum Gasteiger partial charge on any atom is 0.219 e. The molecule has 0 aliphatic rings. The van der Waals surface area contributed by atoms with Crippen molar-refractivity contribution in [3.63, 3.8) is 0 Å². The van der Waals surface area contributed by atoms with Crippen LogP contribution in [-0.4, -0.2) is 23.0 Å². The third-order valence-electron chi connectivity index (χ3n) is 3.15. The first-order chi connectivity index (χ1) is 8.97. The second-order valence-electron chi connectivity index (χ2n) is 4.88. The van der Waals surface area contributed by atoms with Crippen LogP contribution in [0.5, 0.6) is 0 Å². The third kappa shape index (κ3) is 3.02. The Balaban J connectivity index is 2.26. The van der Waals surface area contributed by atoms with Gasteiger partial charge in [0.2, 0.25) is 5.91 Å². The summed E-state index contributed by atoms with van der Waals surface area (Å²) >= 11 is 0. The molecule has 0 N–H and O–H groups in total. The summed E-state index contributed by atoms with van der Waals surface area (Å²) in [4.78, 5) is 12.8. The third-order valence-corrected chi connectivity index (χ3v) is 3.15. The number of hydrogen-bond donors (Lipinski definition) is 0. The van der Waals surface area contributed by atoms with E-state index in [1.807, 2.05) is 19.9 Å². The number of hydrogen-bond acceptors (Lipinski definition) is 3. The van der Waals surface area contributed by atoms with E-state index in [0.29, 0.717) is 6.54 Å². The minimum atomic E-state index is 0.0105. The van der Waals surface area contributed by atoms with Crippen LogP contribution in [0.25, 0.3) is 11.3 Å². The van der Waals surface area contributed by atoms with Gasteiger partial charge < -0.3 is 9.42 Å². The molecule has 1 amide bonds. The molecule has 4 heteroatoms. The fraction of sp³-hybridized carbons (Fsp3) is 0.333. The highest BCUT2D eigenvalue weighted by atomic mass is 16.5. The van der Waals surface area contributed by atoms with Crippen LogP contribution in [0.15, 0.2) is 28.8 Å². The molecule has 0 spiro atoms. The SMILES string of the molecule is CC(=O)N(C)Cc1cc(-c2cc(C)ccc2C)on1. The predicted octanol–water partition coefficient (Wildman–Crippen LogP) is 2.94. The minimum absolute atomic E-state index is 0.0105. The fourth-order valence-electron chi connectivity index (χ4n) is 1.87. The summed E-state index contributed by atoms with van der Waals surface area (Å²) in [7, 11) is 1.74. The Hall–Kier alpha value is -2.10. The summed E-state index contributed by atoms with van der Waals surface area (Å²) in [5.74, 6) is 0.754. The summed E-state index contributed by atoms with van der Waals surface area (Å²) < 4.78 is 5.38. The quantitative estimate of drug-likeness (QED) is 0.850. The van der Waals surface area contributed by atoms with E-state index in [0.717, 1.165) is 22.6 Å². The summed E-state index contributed by atoms with van der Waals surface area (Å²) in [5.41, 5.74) is 4.13. The molecule has 2 rings (SSSR count). The molecule has 1 heterocycles. The second-order valence-corrected chi connectivity index (χ2v) is 4.88. The van der Waals surface area contributed by atoms with E-state index in [1.54, 1.807) is 11.9 Å². The topological polar surface area (TPSA) is 46.3 Å². The van der Waals surface area contributed by atoms with Crippen molar-refractivity contribution in [3.8, 4) is 11.3 Å². The van der Waals surface area contributed by atoms with E-state index in [2.05, 4.69) is 23.4 Å². The highest BCUT2D eigenvalue weighted by Gasteiger charge is 2.12. The van der Waals surface area contributed by atoms with Gasteiger partial charge in [-0.05, 0) is 25.5 Å². The molecule has 0 saturated carbocycles. The fourth-order valence-corrected chi connectivity index (χ4v) is 1.87. The maximum absolute atomic E-state index is 11.2. The molecular weight excluding hydrogens is 240 g/mol. The Morgan fingerprint density at radius 2 is 2.05 bits per heavy atom. The summed E-state index contributed by atoms with van der Waals surface area (Å²) in [5, 5.41) is 4.02. The molecule has 1 aromatic heterocycles. The van der Waals surface area contributed by atoms with Gasteiger partial charge in [-0.15, -0.1) is 0 Å². The standard InChI is InChI=1S/C15H18N2O2/c1-10-5-6-11(2)14(7-10)15-8-13(16-19-15)9-17(4)12(3)18/h5-8H,9H2,1-4H3. The number of carbonyl (C=O) groups is 1. The lowest BCUT2D eigenvalue weighted by atomic mass is 10.0. The van der Waals surface area contributed by atoms with E-state index >= 15 is 0 Å². The van der Waals surface area contributed by atoms with Crippen LogP contribution in [0.2, 0.25) is 0 Å². The lowest BCUT2D eigenvalue weighted by Gasteiger charge is -2.11. The zero-order chi connectivity index (χ0) is 14.0. The highest BCUT2D eigenvalue weighted by molar-refractivity contribution is 5.72. The van der Waals surface area contributed by atoms with Crippen LogP contribution in [0.1, 0.15) is 23.7 Å². The Labute approximate surface area is 113 Å². The van der Waals surface area contributed by atoms with Crippen molar-refractivity contribution in [2.24, 2.45) is 0 Å². The van der Waals surface area contributed by atoms with Gasteiger partial charge >= 0.3 is 0 Å². The van der Waals surface area contributed by atoms with Gasteiger partial charge in [0.05, 0.1) is 6.54 Å². The lowest BCUT2D eigenvalue weighted by molar-refractivity contribution is -0.128. The maximum atomic E-state index is 11.2. The predicted molar refractivity (Wildman–Crippen MR) is 73.6 cm³/mol. The molecule has 0 aliphatic heterocycles. The largest absolute Gasteiger partial charge is 0.356 e. The molecule has 19 heavy (non-hydrogen) atoms. The number of carbonyl (C=O) groups excluding carboxylic acids is 1. The number of rotatable bonds is 3. The molecule has 0 aliphatic carbocycles. The first kappa shape index (κ1) is 13.3. The van der Waals surface area contributed by atoms with Gasteiger partial charge in [-0.1, -0.05) is 22.9 Å². The normalized spacial score (nSPS) is 10.5. The van der Waals surface area contributed by atoms with Crippen molar-refractivity contribution in [3.05, 3.63) is 41.1 Å². The Morgan fingerprint density at radius 1 is 1.32 bits per heavy atom. The van der Waals surface area contributed by atoms with Gasteiger partial charge in [0, 0.05) is 25.6 Å². The van der Waals surface area contributed by atoms with Crippen molar-refractivity contribution in [1.82, 2.24) is 10.1 Å². The van der Waals surface area contributed by atoms with E-state index < -0.39 is 0 Å². The number of amides is 1. The molecule has 0 radical (unpaired) electrons. The zero-order valence-corrected chi connectivity index (χ0v) is 11.7. The van der Waals surface area contributed by atoms with Gasteiger partial charge in [0.1, 0.15) is 5.69 Å². The second kappa shape index (κ2) is 5.26. The lowest BCUT2D eigenvalue weighted by Crippen LogP contribution is -2.23. The van der Waals surface area contributed by atoms with Crippen molar-refractivity contribution in [2.45, 2.75) is 27.3 Å². The number of aryl methyl sites for hydroxylation is 2. The van der Waals surface area contributed by atoms with E-state index in [-0.39, 0.29) is 5.91 Å². The molecular formula is C15H18N2O2. The van der Waals surface area contributed by atoms with E-state index in [1.165, 1.54) is 12.5 Å². The molecule has 0 unspecified atom stereocenters. The van der Waals surface area contributed by atoms with E-state index in [4.69, 9.17) is 4.52 Å². The molecule has 100 valence electrons. The van der Waals surface area contributed by atoms with Gasteiger partial charge in [0.25, 0.3) is 0 Å².